The third-order valence-electron chi connectivity index (χ3n) is 2.86. The zero-order valence-electron chi connectivity index (χ0n) is 9.76. The fraction of sp³-hybridized carbons (Fsp3) is 0.0769. The summed E-state index contributed by atoms with van der Waals surface area (Å²) in [7, 11) is 0. The summed E-state index contributed by atoms with van der Waals surface area (Å²) in [6.45, 7) is 2.05. The number of nitrogens with two attached hydrogens (primary N) is 1. The highest BCUT2D eigenvalue weighted by molar-refractivity contribution is 9.10. The lowest BCUT2D eigenvalue weighted by atomic mass is 10.1. The number of benzene rings is 1. The fourth-order valence-corrected chi connectivity index (χ4v) is 2.21. The van der Waals surface area contributed by atoms with Crippen LogP contribution in [0, 0.1) is 6.92 Å². The van der Waals surface area contributed by atoms with Gasteiger partial charge in [-0.3, -0.25) is 4.40 Å². The molecule has 0 spiro atoms. The summed E-state index contributed by atoms with van der Waals surface area (Å²) in [6.07, 6.45) is 1.83. The number of anilines is 1. The molecule has 0 amide bonds. The number of nitrogen functional groups attached to an aromatic ring is 1. The van der Waals surface area contributed by atoms with Crippen molar-refractivity contribution in [1.29, 1.82) is 0 Å². The van der Waals surface area contributed by atoms with Crippen molar-refractivity contribution in [2.75, 3.05) is 5.73 Å². The normalized spacial score (nSPS) is 11.0. The van der Waals surface area contributed by atoms with Crippen LogP contribution in [0.4, 0.5) is 5.69 Å². The predicted octanol–water partition coefficient (Wildman–Crippen LogP) is 3.05. The van der Waals surface area contributed by atoms with Crippen molar-refractivity contribution in [1.82, 2.24) is 14.6 Å². The number of aromatic nitrogens is 3. The average Bonchev–Trinajstić information content (AvgIpc) is 2.75. The maximum atomic E-state index is 5.80. The van der Waals surface area contributed by atoms with Gasteiger partial charge in [0.25, 0.3) is 0 Å². The Bertz CT molecular complexity index is 733. The largest absolute Gasteiger partial charge is 0.398 e. The van der Waals surface area contributed by atoms with Crippen molar-refractivity contribution in [3.8, 4) is 11.4 Å². The minimum Gasteiger partial charge on any atom is -0.398 e. The molecule has 5 heteroatoms. The van der Waals surface area contributed by atoms with E-state index in [2.05, 4.69) is 26.1 Å². The minimum absolute atomic E-state index is 0.690. The molecular weight excluding hydrogens is 292 g/mol. The van der Waals surface area contributed by atoms with Gasteiger partial charge < -0.3 is 5.73 Å². The quantitative estimate of drug-likeness (QED) is 0.751. The molecule has 1 aromatic carbocycles. The van der Waals surface area contributed by atoms with E-state index in [9.17, 15) is 0 Å². The van der Waals surface area contributed by atoms with Crippen LogP contribution in [-0.2, 0) is 0 Å². The van der Waals surface area contributed by atoms with Crippen LogP contribution in [0.2, 0.25) is 0 Å². The van der Waals surface area contributed by atoms with Gasteiger partial charge in [-0.15, -0.1) is 10.2 Å². The molecule has 0 aliphatic rings. The highest BCUT2D eigenvalue weighted by Crippen LogP contribution is 2.25. The molecule has 2 aromatic heterocycles. The van der Waals surface area contributed by atoms with Crippen LogP contribution in [-0.4, -0.2) is 14.6 Å². The molecule has 3 rings (SSSR count). The van der Waals surface area contributed by atoms with Crippen LogP contribution < -0.4 is 5.73 Å². The summed E-state index contributed by atoms with van der Waals surface area (Å²) >= 11 is 3.53. The zero-order chi connectivity index (χ0) is 12.7. The number of hydrogen-bond acceptors (Lipinski definition) is 3. The van der Waals surface area contributed by atoms with Gasteiger partial charge >= 0.3 is 0 Å². The average molecular weight is 303 g/mol. The van der Waals surface area contributed by atoms with Crippen molar-refractivity contribution < 1.29 is 0 Å². The van der Waals surface area contributed by atoms with E-state index in [1.165, 1.54) is 5.56 Å². The summed E-state index contributed by atoms with van der Waals surface area (Å²) in [5, 5.41) is 8.34. The molecule has 0 unspecified atom stereocenters. The Morgan fingerprint density at radius 3 is 2.78 bits per heavy atom. The first-order chi connectivity index (χ1) is 8.65. The van der Waals surface area contributed by atoms with Crippen molar-refractivity contribution in [2.45, 2.75) is 6.92 Å². The maximum Gasteiger partial charge on any atom is 0.168 e. The van der Waals surface area contributed by atoms with E-state index < -0.39 is 0 Å². The van der Waals surface area contributed by atoms with Gasteiger partial charge in [-0.1, -0.05) is 28.1 Å². The highest BCUT2D eigenvalue weighted by atomic mass is 79.9. The summed E-state index contributed by atoms with van der Waals surface area (Å²) in [5.41, 5.74) is 9.47. The van der Waals surface area contributed by atoms with Gasteiger partial charge in [0.15, 0.2) is 11.5 Å². The highest BCUT2D eigenvalue weighted by Gasteiger charge is 2.09. The molecule has 0 saturated heterocycles. The molecule has 2 N–H and O–H groups in total. The Labute approximate surface area is 113 Å². The molecule has 0 aliphatic carbocycles. The van der Waals surface area contributed by atoms with Crippen LogP contribution >= 0.6 is 15.9 Å². The van der Waals surface area contributed by atoms with Crippen LogP contribution in [0.5, 0.6) is 0 Å². The second-order valence-corrected chi connectivity index (χ2v) is 5.03. The van der Waals surface area contributed by atoms with Gasteiger partial charge in [0, 0.05) is 21.9 Å². The smallest absolute Gasteiger partial charge is 0.168 e. The molecule has 0 aliphatic heterocycles. The number of hydrogen-bond donors (Lipinski definition) is 1. The van der Waals surface area contributed by atoms with Gasteiger partial charge in [-0.05, 0) is 30.7 Å². The van der Waals surface area contributed by atoms with Gasteiger partial charge in [0.2, 0.25) is 0 Å². The van der Waals surface area contributed by atoms with Gasteiger partial charge in [0.1, 0.15) is 0 Å². The second kappa shape index (κ2) is 4.10. The van der Waals surface area contributed by atoms with E-state index in [0.717, 1.165) is 21.5 Å². The molecule has 4 nitrogen and oxygen atoms in total. The molecule has 0 bridgehead atoms. The monoisotopic (exact) mass is 302 g/mol. The van der Waals surface area contributed by atoms with Crippen molar-refractivity contribution in [3.63, 3.8) is 0 Å². The van der Waals surface area contributed by atoms with E-state index in [0.29, 0.717) is 5.69 Å². The fourth-order valence-electron chi connectivity index (χ4n) is 1.84. The van der Waals surface area contributed by atoms with E-state index >= 15 is 0 Å². The first-order valence-electron chi connectivity index (χ1n) is 5.52. The number of halogens is 1. The first-order valence-corrected chi connectivity index (χ1v) is 6.31. The molecule has 0 fully saturated rings. The van der Waals surface area contributed by atoms with E-state index in [1.807, 2.05) is 47.9 Å². The third-order valence-corrected chi connectivity index (χ3v) is 3.71. The standard InChI is InChI=1S/C13H11BrN4/c1-8-2-3-9(6-11(8)14)13-17-16-12-5-4-10(15)7-18(12)13/h2-7H,15H2,1H3. The second-order valence-electron chi connectivity index (χ2n) is 4.18. The third kappa shape index (κ3) is 1.76. The van der Waals surface area contributed by atoms with Crippen molar-refractivity contribution in [2.24, 2.45) is 0 Å². The maximum absolute atomic E-state index is 5.80. The number of nitrogens with zero attached hydrogens (tertiary/aromatic N) is 3. The lowest BCUT2D eigenvalue weighted by Gasteiger charge is -2.03. The van der Waals surface area contributed by atoms with Crippen LogP contribution in [0.25, 0.3) is 17.0 Å². The van der Waals surface area contributed by atoms with Gasteiger partial charge in [-0.25, -0.2) is 0 Å². The van der Waals surface area contributed by atoms with Crippen LogP contribution in [0.15, 0.2) is 41.0 Å². The summed E-state index contributed by atoms with van der Waals surface area (Å²) in [6, 6.07) is 9.79. The Morgan fingerprint density at radius 1 is 1.17 bits per heavy atom. The van der Waals surface area contributed by atoms with Crippen molar-refractivity contribution >= 4 is 27.3 Å². The lowest BCUT2D eigenvalue weighted by Crippen LogP contribution is -1.93. The summed E-state index contributed by atoms with van der Waals surface area (Å²) in [5.74, 6) is 0.790. The topological polar surface area (TPSA) is 56.2 Å². The Kier molecular flexibility index (Phi) is 2.56. The SMILES string of the molecule is Cc1ccc(-c2nnc3ccc(N)cn23)cc1Br. The Morgan fingerprint density at radius 2 is 2.00 bits per heavy atom. The molecule has 18 heavy (non-hydrogen) atoms. The minimum atomic E-state index is 0.690. The molecule has 2 heterocycles. The Hall–Kier alpha value is -1.88. The molecule has 0 radical (unpaired) electrons. The van der Waals surface area contributed by atoms with Gasteiger partial charge in [0.05, 0.1) is 0 Å². The first kappa shape index (κ1) is 11.2. The molecule has 90 valence electrons. The predicted molar refractivity (Wildman–Crippen MR) is 75.3 cm³/mol. The summed E-state index contributed by atoms with van der Waals surface area (Å²) in [4.78, 5) is 0. The van der Waals surface area contributed by atoms with Crippen LogP contribution in [0.3, 0.4) is 0 Å². The molecular formula is C13H11BrN4. The van der Waals surface area contributed by atoms with E-state index in [4.69, 9.17) is 5.73 Å². The van der Waals surface area contributed by atoms with E-state index in [1.54, 1.807) is 0 Å². The molecule has 3 aromatic rings. The van der Waals surface area contributed by atoms with Crippen LogP contribution in [0.1, 0.15) is 5.56 Å². The number of pyridine rings is 1. The molecule has 0 atom stereocenters. The number of fused-ring (bicyclic) bond motifs is 1. The number of rotatable bonds is 1. The van der Waals surface area contributed by atoms with Gasteiger partial charge in [-0.2, -0.15) is 0 Å². The lowest BCUT2D eigenvalue weighted by molar-refractivity contribution is 1.11. The number of aryl methyl sites for hydroxylation is 1. The van der Waals surface area contributed by atoms with E-state index in [-0.39, 0.29) is 0 Å². The van der Waals surface area contributed by atoms with Crippen molar-refractivity contribution in [3.05, 3.63) is 46.6 Å². The zero-order valence-corrected chi connectivity index (χ0v) is 11.3. The molecule has 0 saturated carbocycles. The Balaban J connectivity index is 2.24. The summed E-state index contributed by atoms with van der Waals surface area (Å²) < 4.78 is 2.95.